The maximum Gasteiger partial charge on any atom is 0.261 e. The van der Waals surface area contributed by atoms with Gasteiger partial charge in [0.2, 0.25) is 0 Å². The molecule has 8 heteroatoms. The summed E-state index contributed by atoms with van der Waals surface area (Å²) < 4.78 is 28.8. The summed E-state index contributed by atoms with van der Waals surface area (Å²) >= 11 is 1.61. The second-order valence-corrected chi connectivity index (χ2v) is 14.6. The van der Waals surface area contributed by atoms with Crippen LogP contribution in [0.25, 0.3) is 11.3 Å². The van der Waals surface area contributed by atoms with E-state index in [1.807, 2.05) is 54.6 Å². The van der Waals surface area contributed by atoms with Crippen LogP contribution >= 0.6 is 11.3 Å². The average molecular weight is 626 g/mol. The number of nitrogens with one attached hydrogen (secondary N) is 2. The number of rotatable bonds is 12. The van der Waals surface area contributed by atoms with E-state index < -0.39 is 16.1 Å². The average Bonchev–Trinajstić information content (AvgIpc) is 3.48. The highest BCUT2D eigenvalue weighted by Gasteiger charge is 2.16. The van der Waals surface area contributed by atoms with Crippen LogP contribution in [0.3, 0.4) is 0 Å². The lowest BCUT2D eigenvalue weighted by Crippen LogP contribution is -2.23. The lowest BCUT2D eigenvalue weighted by molar-refractivity contribution is 0.175. The molecule has 0 amide bonds. The smallest absolute Gasteiger partial charge is 0.261 e. The zero-order valence-electron chi connectivity index (χ0n) is 25.3. The van der Waals surface area contributed by atoms with E-state index in [0.717, 1.165) is 39.4 Å². The first-order chi connectivity index (χ1) is 21.1. The number of anilines is 1. The summed E-state index contributed by atoms with van der Waals surface area (Å²) in [7, 11) is -3.72. The van der Waals surface area contributed by atoms with E-state index >= 15 is 0 Å². The van der Waals surface area contributed by atoms with Crippen molar-refractivity contribution < 1.29 is 13.5 Å². The standard InChI is InChI=1S/C36H39N3O3S2/c1-36(2,3)30-15-13-28(14-16-30)33-25-43-35(38-33)23-27-11-19-32(20-12-27)44(41,42)39-31-17-9-26(10-18-31)21-22-37-24-34(40)29-7-5-4-6-8-29/h4-20,25,34,37,39-40H,21-24H2,1-3H3/t34-/m0/s1. The number of aromatic nitrogens is 1. The summed E-state index contributed by atoms with van der Waals surface area (Å²) in [6.07, 6.45) is 0.851. The highest BCUT2D eigenvalue weighted by Crippen LogP contribution is 2.28. The number of aliphatic hydroxyl groups is 1. The third kappa shape index (κ3) is 8.42. The van der Waals surface area contributed by atoms with Gasteiger partial charge >= 0.3 is 0 Å². The largest absolute Gasteiger partial charge is 0.387 e. The minimum Gasteiger partial charge on any atom is -0.387 e. The van der Waals surface area contributed by atoms with Crippen LogP contribution in [0.4, 0.5) is 5.69 Å². The van der Waals surface area contributed by atoms with Crippen LogP contribution in [0.2, 0.25) is 0 Å². The molecule has 0 saturated carbocycles. The third-order valence-electron chi connectivity index (χ3n) is 7.51. The van der Waals surface area contributed by atoms with Crippen molar-refractivity contribution in [2.24, 2.45) is 0 Å². The molecular formula is C36H39N3O3S2. The van der Waals surface area contributed by atoms with Crippen molar-refractivity contribution in [2.75, 3.05) is 17.8 Å². The van der Waals surface area contributed by atoms with Crippen LogP contribution in [0.15, 0.2) is 113 Å². The van der Waals surface area contributed by atoms with E-state index in [1.54, 1.807) is 35.6 Å². The monoisotopic (exact) mass is 625 g/mol. The lowest BCUT2D eigenvalue weighted by atomic mass is 9.86. The van der Waals surface area contributed by atoms with Crippen LogP contribution in [-0.2, 0) is 28.3 Å². The zero-order valence-corrected chi connectivity index (χ0v) is 27.0. The molecule has 4 aromatic carbocycles. The molecule has 0 radical (unpaired) electrons. The second kappa shape index (κ2) is 13.9. The number of nitrogens with zero attached hydrogens (tertiary/aromatic N) is 1. The van der Waals surface area contributed by atoms with Crippen LogP contribution < -0.4 is 10.0 Å². The quantitative estimate of drug-likeness (QED) is 0.126. The molecule has 0 aliphatic heterocycles. The van der Waals surface area contributed by atoms with Crippen LogP contribution in [0, 0.1) is 0 Å². The van der Waals surface area contributed by atoms with Gasteiger partial charge in [-0.2, -0.15) is 0 Å². The normalized spacial score (nSPS) is 12.6. The van der Waals surface area contributed by atoms with Gasteiger partial charge in [0.25, 0.3) is 10.0 Å². The summed E-state index contributed by atoms with van der Waals surface area (Å²) in [5, 5.41) is 16.6. The molecule has 1 heterocycles. The maximum atomic E-state index is 13.0. The number of sulfonamides is 1. The first kappa shape index (κ1) is 31.6. The van der Waals surface area contributed by atoms with E-state index in [1.165, 1.54) is 5.56 Å². The predicted octanol–water partition coefficient (Wildman–Crippen LogP) is 7.36. The summed E-state index contributed by atoms with van der Waals surface area (Å²) in [4.78, 5) is 5.03. The number of benzene rings is 4. The minimum absolute atomic E-state index is 0.110. The first-order valence-corrected chi connectivity index (χ1v) is 17.1. The molecular weight excluding hydrogens is 587 g/mol. The van der Waals surface area contributed by atoms with E-state index in [2.05, 4.69) is 60.5 Å². The van der Waals surface area contributed by atoms with Gasteiger partial charge in [0.15, 0.2) is 0 Å². The number of thiazole rings is 1. The number of aliphatic hydroxyl groups excluding tert-OH is 1. The molecule has 0 spiro atoms. The van der Waals surface area contributed by atoms with Crippen molar-refractivity contribution in [1.29, 1.82) is 0 Å². The van der Waals surface area contributed by atoms with Crippen molar-refractivity contribution in [2.45, 2.75) is 50.0 Å². The second-order valence-electron chi connectivity index (χ2n) is 12.0. The number of hydrogen-bond donors (Lipinski definition) is 3. The van der Waals surface area contributed by atoms with Crippen LogP contribution in [0.5, 0.6) is 0 Å². The fraction of sp³-hybridized carbons (Fsp3) is 0.250. The Hall–Kier alpha value is -3.82. The van der Waals surface area contributed by atoms with Gasteiger partial charge in [-0.3, -0.25) is 4.72 Å². The van der Waals surface area contributed by atoms with Crippen molar-refractivity contribution >= 4 is 27.0 Å². The SMILES string of the molecule is CC(C)(C)c1ccc(-c2csc(Cc3ccc(S(=O)(=O)Nc4ccc(CCNC[C@H](O)c5ccccc5)cc4)cc3)n2)cc1. The van der Waals surface area contributed by atoms with Gasteiger partial charge in [-0.1, -0.05) is 99.6 Å². The van der Waals surface area contributed by atoms with Gasteiger partial charge in [0.05, 0.1) is 21.7 Å². The highest BCUT2D eigenvalue weighted by molar-refractivity contribution is 7.92. The van der Waals surface area contributed by atoms with Crippen molar-refractivity contribution in [3.8, 4) is 11.3 Å². The fourth-order valence-electron chi connectivity index (χ4n) is 4.84. The Labute approximate surface area is 264 Å². The zero-order chi connectivity index (χ0) is 31.2. The fourth-order valence-corrected chi connectivity index (χ4v) is 6.74. The summed E-state index contributed by atoms with van der Waals surface area (Å²) in [6.45, 7) is 7.78. The van der Waals surface area contributed by atoms with Crippen molar-refractivity contribution in [3.63, 3.8) is 0 Å². The Morgan fingerprint density at radius 3 is 2.16 bits per heavy atom. The molecule has 1 atom stereocenters. The van der Waals surface area contributed by atoms with Gasteiger partial charge < -0.3 is 10.4 Å². The molecule has 0 unspecified atom stereocenters. The molecule has 44 heavy (non-hydrogen) atoms. The molecule has 0 aliphatic carbocycles. The predicted molar refractivity (Wildman–Crippen MR) is 181 cm³/mol. The summed E-state index contributed by atoms with van der Waals surface area (Å²) in [6, 6.07) is 32.5. The van der Waals surface area contributed by atoms with Gasteiger partial charge in [0, 0.05) is 29.6 Å². The molecule has 3 N–H and O–H groups in total. The molecule has 0 bridgehead atoms. The Morgan fingerprint density at radius 2 is 1.50 bits per heavy atom. The van der Waals surface area contributed by atoms with Crippen molar-refractivity contribution in [3.05, 3.63) is 136 Å². The Morgan fingerprint density at radius 1 is 0.841 bits per heavy atom. The molecule has 228 valence electrons. The van der Waals surface area contributed by atoms with Gasteiger partial charge in [-0.05, 0) is 64.9 Å². The molecule has 0 aliphatic rings. The Bertz CT molecular complexity index is 1740. The molecule has 6 nitrogen and oxygen atoms in total. The third-order valence-corrected chi connectivity index (χ3v) is 9.75. The topological polar surface area (TPSA) is 91.3 Å². The van der Waals surface area contributed by atoms with Crippen LogP contribution in [0.1, 0.15) is 54.1 Å². The molecule has 5 aromatic rings. The molecule has 0 saturated heterocycles. The van der Waals surface area contributed by atoms with Gasteiger partial charge in [0.1, 0.15) is 0 Å². The van der Waals surface area contributed by atoms with E-state index in [4.69, 9.17) is 4.98 Å². The molecule has 1 aromatic heterocycles. The summed E-state index contributed by atoms with van der Waals surface area (Å²) in [5.41, 5.74) is 6.93. The van der Waals surface area contributed by atoms with E-state index in [-0.39, 0.29) is 10.3 Å². The summed E-state index contributed by atoms with van der Waals surface area (Å²) in [5.74, 6) is 0. The lowest BCUT2D eigenvalue weighted by Gasteiger charge is -2.18. The van der Waals surface area contributed by atoms with E-state index in [9.17, 15) is 13.5 Å². The molecule has 0 fully saturated rings. The first-order valence-electron chi connectivity index (χ1n) is 14.8. The minimum atomic E-state index is -3.72. The maximum absolute atomic E-state index is 13.0. The highest BCUT2D eigenvalue weighted by atomic mass is 32.2. The van der Waals surface area contributed by atoms with E-state index in [0.29, 0.717) is 25.2 Å². The van der Waals surface area contributed by atoms with Crippen molar-refractivity contribution in [1.82, 2.24) is 10.3 Å². The van der Waals surface area contributed by atoms with Gasteiger partial charge in [-0.25, -0.2) is 13.4 Å². The van der Waals surface area contributed by atoms with Gasteiger partial charge in [-0.15, -0.1) is 11.3 Å². The van der Waals surface area contributed by atoms with Crippen LogP contribution in [-0.4, -0.2) is 31.6 Å². The Kier molecular flexibility index (Phi) is 9.96. The Balaban J connectivity index is 1.11. The number of hydrogen-bond acceptors (Lipinski definition) is 6. The molecule has 5 rings (SSSR count).